The fourth-order valence-corrected chi connectivity index (χ4v) is 8.19. The van der Waals surface area contributed by atoms with E-state index in [-0.39, 0.29) is 0 Å². The third kappa shape index (κ3) is 3.33. The van der Waals surface area contributed by atoms with E-state index in [1.54, 1.807) is 0 Å². The first-order valence-corrected chi connectivity index (χ1v) is 16.3. The average Bonchev–Trinajstić information content (AvgIpc) is 3.67. The molecule has 7 aromatic carbocycles. The Hall–Kier alpha value is -6.52. The fourth-order valence-electron chi connectivity index (χ4n) is 8.19. The van der Waals surface area contributed by atoms with Gasteiger partial charge in [0.15, 0.2) is 0 Å². The Labute approximate surface area is 274 Å². The van der Waals surface area contributed by atoms with E-state index in [9.17, 15) is 0 Å². The van der Waals surface area contributed by atoms with Crippen molar-refractivity contribution in [3.63, 3.8) is 0 Å². The highest BCUT2D eigenvalue weighted by molar-refractivity contribution is 6.29. The van der Waals surface area contributed by atoms with Crippen molar-refractivity contribution in [1.82, 2.24) is 19.1 Å². The van der Waals surface area contributed by atoms with E-state index in [0.29, 0.717) is 0 Å². The number of benzene rings is 7. The van der Waals surface area contributed by atoms with Crippen LogP contribution in [0.1, 0.15) is 0 Å². The summed E-state index contributed by atoms with van der Waals surface area (Å²) < 4.78 is 4.89. The number of pyridine rings is 2. The minimum Gasteiger partial charge on any atom is -0.309 e. The van der Waals surface area contributed by atoms with Crippen LogP contribution < -0.4 is 0 Å². The second-order valence-electron chi connectivity index (χ2n) is 12.6. The highest BCUT2D eigenvalue weighted by Gasteiger charge is 2.22. The molecule has 4 heteroatoms. The predicted octanol–water partition coefficient (Wildman–Crippen LogP) is 11.3. The molecule has 0 fully saturated rings. The van der Waals surface area contributed by atoms with Crippen LogP contribution in [-0.4, -0.2) is 19.1 Å². The molecular weight excluding hydrogens is 585 g/mol. The van der Waals surface area contributed by atoms with E-state index in [0.717, 1.165) is 33.2 Å². The van der Waals surface area contributed by atoms with Crippen LogP contribution in [0.15, 0.2) is 158 Å². The molecule has 0 saturated heterocycles. The normalized spacial score (nSPS) is 12.2. The summed E-state index contributed by atoms with van der Waals surface area (Å²) >= 11 is 0. The Morgan fingerprint density at radius 3 is 1.21 bits per heavy atom. The van der Waals surface area contributed by atoms with Crippen molar-refractivity contribution in [3.05, 3.63) is 158 Å². The van der Waals surface area contributed by atoms with Gasteiger partial charge in [-0.25, -0.2) is 0 Å². The predicted molar refractivity (Wildman–Crippen MR) is 201 cm³/mol. The molecule has 0 N–H and O–H groups in total. The Morgan fingerprint density at radius 2 is 0.729 bits per heavy atom. The van der Waals surface area contributed by atoms with Crippen molar-refractivity contribution in [2.45, 2.75) is 0 Å². The van der Waals surface area contributed by atoms with Gasteiger partial charge in [-0.3, -0.25) is 9.97 Å². The second kappa shape index (κ2) is 9.50. The van der Waals surface area contributed by atoms with Gasteiger partial charge < -0.3 is 9.13 Å². The highest BCUT2D eigenvalue weighted by Crippen LogP contribution is 2.44. The lowest BCUT2D eigenvalue weighted by molar-refractivity contribution is 1.19. The molecule has 0 aliphatic heterocycles. The molecule has 222 valence electrons. The van der Waals surface area contributed by atoms with Crippen molar-refractivity contribution in [2.24, 2.45) is 0 Å². The van der Waals surface area contributed by atoms with E-state index in [2.05, 4.69) is 143 Å². The molecule has 4 heterocycles. The summed E-state index contributed by atoms with van der Waals surface area (Å²) in [5.74, 6) is 0. The average molecular weight is 611 g/mol. The lowest BCUT2D eigenvalue weighted by Gasteiger charge is -2.14. The third-order valence-corrected chi connectivity index (χ3v) is 10.1. The van der Waals surface area contributed by atoms with Crippen LogP contribution in [0.3, 0.4) is 0 Å². The number of fused-ring (bicyclic) bond motifs is 13. The molecule has 11 rings (SSSR count). The van der Waals surface area contributed by atoms with Crippen LogP contribution in [0.2, 0.25) is 0 Å². The molecule has 0 aliphatic carbocycles. The van der Waals surface area contributed by atoms with Gasteiger partial charge in [0.05, 0.1) is 44.5 Å². The van der Waals surface area contributed by atoms with E-state index >= 15 is 0 Å². The first-order valence-electron chi connectivity index (χ1n) is 16.3. The van der Waals surface area contributed by atoms with Gasteiger partial charge in [0.1, 0.15) is 0 Å². The Morgan fingerprint density at radius 1 is 0.333 bits per heavy atom. The minimum absolute atomic E-state index is 1.02. The number of hydrogen-bond acceptors (Lipinski definition) is 2. The Balaban J connectivity index is 1.33. The minimum atomic E-state index is 1.02. The summed E-state index contributed by atoms with van der Waals surface area (Å²) in [5, 5.41) is 11.9. The van der Waals surface area contributed by atoms with E-state index in [4.69, 9.17) is 9.97 Å². The molecule has 0 spiro atoms. The molecular formula is C44H26N4. The SMILES string of the molecule is c1ccc2c(c1)cc(-n1c3ccccc3c3c4c5ccccc5n(-c5cc6ccccc6c6ncccc56)c4ccc31)c1cccnc12. The van der Waals surface area contributed by atoms with Crippen molar-refractivity contribution in [2.75, 3.05) is 0 Å². The van der Waals surface area contributed by atoms with Crippen LogP contribution in [-0.2, 0) is 0 Å². The number of hydrogen-bond donors (Lipinski definition) is 0. The van der Waals surface area contributed by atoms with Gasteiger partial charge in [-0.2, -0.15) is 0 Å². The molecule has 0 saturated carbocycles. The Kier molecular flexibility index (Phi) is 5.08. The number of nitrogens with zero attached hydrogens (tertiary/aromatic N) is 4. The van der Waals surface area contributed by atoms with Crippen LogP contribution in [0.25, 0.3) is 98.3 Å². The van der Waals surface area contributed by atoms with Crippen molar-refractivity contribution >= 4 is 87.0 Å². The quantitative estimate of drug-likeness (QED) is 0.183. The zero-order chi connectivity index (χ0) is 31.3. The summed E-state index contributed by atoms with van der Waals surface area (Å²) in [6, 6.07) is 52.6. The maximum Gasteiger partial charge on any atom is 0.0801 e. The topological polar surface area (TPSA) is 35.6 Å². The van der Waals surface area contributed by atoms with Gasteiger partial charge in [-0.1, -0.05) is 84.9 Å². The van der Waals surface area contributed by atoms with Crippen molar-refractivity contribution in [1.29, 1.82) is 0 Å². The molecule has 0 aliphatic rings. The lowest BCUT2D eigenvalue weighted by Crippen LogP contribution is -1.98. The first kappa shape index (κ1) is 25.6. The van der Waals surface area contributed by atoms with Crippen molar-refractivity contribution in [3.8, 4) is 11.4 Å². The van der Waals surface area contributed by atoms with Crippen LogP contribution in [0.5, 0.6) is 0 Å². The molecule has 0 atom stereocenters. The molecule has 4 aromatic heterocycles. The fraction of sp³-hybridized carbons (Fsp3) is 0. The van der Waals surface area contributed by atoms with Gasteiger partial charge >= 0.3 is 0 Å². The number of rotatable bonds is 2. The number of para-hydroxylation sites is 2. The molecule has 11 aromatic rings. The molecule has 0 radical (unpaired) electrons. The maximum absolute atomic E-state index is 4.89. The van der Waals surface area contributed by atoms with Gasteiger partial charge in [0, 0.05) is 55.5 Å². The zero-order valence-electron chi connectivity index (χ0n) is 25.8. The molecule has 4 nitrogen and oxygen atoms in total. The molecule has 0 amide bonds. The first-order chi connectivity index (χ1) is 23.8. The van der Waals surface area contributed by atoms with E-state index in [1.807, 2.05) is 24.5 Å². The Bertz CT molecular complexity index is 2910. The smallest absolute Gasteiger partial charge is 0.0801 e. The third-order valence-electron chi connectivity index (χ3n) is 10.1. The maximum atomic E-state index is 4.89. The monoisotopic (exact) mass is 610 g/mol. The highest BCUT2D eigenvalue weighted by atomic mass is 15.0. The number of aromatic nitrogens is 4. The largest absolute Gasteiger partial charge is 0.309 e. The van der Waals surface area contributed by atoms with E-state index in [1.165, 1.54) is 65.2 Å². The summed E-state index contributed by atoms with van der Waals surface area (Å²) in [6.45, 7) is 0. The zero-order valence-corrected chi connectivity index (χ0v) is 25.8. The molecule has 0 bridgehead atoms. The summed E-state index contributed by atoms with van der Waals surface area (Å²) in [7, 11) is 0. The molecule has 0 unspecified atom stereocenters. The molecule has 48 heavy (non-hydrogen) atoms. The van der Waals surface area contributed by atoms with Crippen LogP contribution in [0.4, 0.5) is 0 Å². The van der Waals surface area contributed by atoms with Crippen LogP contribution >= 0.6 is 0 Å². The summed E-state index contributed by atoms with van der Waals surface area (Å²) in [6.07, 6.45) is 3.80. The van der Waals surface area contributed by atoms with Crippen molar-refractivity contribution < 1.29 is 0 Å². The van der Waals surface area contributed by atoms with E-state index < -0.39 is 0 Å². The standard InChI is InChI=1S/C44H26N4/c1-3-13-29-27(11-1)25-39(33-17-9-23-45-43(29)33)47-35-19-7-5-15-31(35)41-37(47)21-22-38-42(41)32-16-6-8-20-36(32)48(38)40-26-28-12-2-4-14-30(28)44-34(40)18-10-24-46-44/h1-26H. The van der Waals surface area contributed by atoms with Gasteiger partial charge in [0.25, 0.3) is 0 Å². The second-order valence-corrected chi connectivity index (χ2v) is 12.6. The van der Waals surface area contributed by atoms with Gasteiger partial charge in [-0.05, 0) is 71.4 Å². The summed E-state index contributed by atoms with van der Waals surface area (Å²) in [4.78, 5) is 9.78. The van der Waals surface area contributed by atoms with Gasteiger partial charge in [-0.15, -0.1) is 0 Å². The lowest BCUT2D eigenvalue weighted by atomic mass is 10.0. The summed E-state index contributed by atoms with van der Waals surface area (Å²) in [5.41, 5.74) is 9.02. The van der Waals surface area contributed by atoms with Gasteiger partial charge in [0.2, 0.25) is 0 Å². The van der Waals surface area contributed by atoms with Crippen LogP contribution in [0, 0.1) is 0 Å².